The first kappa shape index (κ1) is 23.5. The summed E-state index contributed by atoms with van der Waals surface area (Å²) < 4.78 is 7.17. The maximum atomic E-state index is 12.9. The van der Waals surface area contributed by atoms with E-state index in [1.807, 2.05) is 54.6 Å². The molecule has 1 saturated carbocycles. The van der Waals surface area contributed by atoms with Crippen LogP contribution in [0.4, 0.5) is 0 Å². The average molecular weight is 482 g/mol. The summed E-state index contributed by atoms with van der Waals surface area (Å²) in [5.74, 6) is -1.28. The Balaban J connectivity index is 1.29. The molecule has 1 aliphatic rings. The van der Waals surface area contributed by atoms with E-state index in [0.29, 0.717) is 30.4 Å². The van der Waals surface area contributed by atoms with E-state index in [4.69, 9.17) is 4.74 Å². The normalized spacial score (nSPS) is 19.3. The number of allylic oxidation sites excluding steroid dienone is 1. The molecule has 0 bridgehead atoms. The molecule has 4 aromatic rings. The fourth-order valence-corrected chi connectivity index (χ4v) is 5.14. The molecule has 1 aliphatic carbocycles. The Morgan fingerprint density at radius 1 is 1.00 bits per heavy atom. The number of ether oxygens (including phenoxy) is 1. The van der Waals surface area contributed by atoms with E-state index in [-0.39, 0.29) is 23.9 Å². The monoisotopic (exact) mass is 481 g/mol. The van der Waals surface area contributed by atoms with Gasteiger partial charge in [-0.15, -0.1) is 5.10 Å². The van der Waals surface area contributed by atoms with E-state index >= 15 is 0 Å². The van der Waals surface area contributed by atoms with E-state index in [9.17, 15) is 14.7 Å². The fraction of sp³-hybridized carbons (Fsp3) is 0.241. The summed E-state index contributed by atoms with van der Waals surface area (Å²) in [4.78, 5) is 25.2. The van der Waals surface area contributed by atoms with Crippen molar-refractivity contribution in [1.29, 1.82) is 0 Å². The van der Waals surface area contributed by atoms with Crippen LogP contribution in [0.5, 0.6) is 5.75 Å². The Hall–Kier alpha value is -4.26. The summed E-state index contributed by atoms with van der Waals surface area (Å²) in [5, 5.41) is 18.8. The number of carboxylic acids is 1. The van der Waals surface area contributed by atoms with Crippen LogP contribution in [-0.2, 0) is 17.9 Å². The number of aliphatic carboxylic acids is 1. The van der Waals surface area contributed by atoms with Gasteiger partial charge in [0, 0.05) is 0 Å². The number of carbonyl (C=O) groups is 1. The molecule has 0 spiro atoms. The van der Waals surface area contributed by atoms with Crippen molar-refractivity contribution < 1.29 is 14.6 Å². The van der Waals surface area contributed by atoms with Gasteiger partial charge in [0.15, 0.2) is 0 Å². The maximum absolute atomic E-state index is 12.9. The highest BCUT2D eigenvalue weighted by Crippen LogP contribution is 2.44. The third-order valence-corrected chi connectivity index (χ3v) is 7.03. The maximum Gasteiger partial charge on any atom is 0.307 e. The Kier molecular flexibility index (Phi) is 6.62. The molecule has 0 unspecified atom stereocenters. The molecule has 182 valence electrons. The van der Waals surface area contributed by atoms with Gasteiger partial charge in [-0.3, -0.25) is 9.59 Å². The molecule has 0 aliphatic heterocycles. The predicted molar refractivity (Wildman–Crippen MR) is 137 cm³/mol. The first-order valence-electron chi connectivity index (χ1n) is 12.0. The Morgan fingerprint density at radius 2 is 1.72 bits per heavy atom. The van der Waals surface area contributed by atoms with Crippen LogP contribution in [0.1, 0.15) is 24.0 Å². The molecular weight excluding hydrogens is 454 g/mol. The fourth-order valence-electron chi connectivity index (χ4n) is 5.14. The summed E-state index contributed by atoms with van der Waals surface area (Å²) in [6.07, 6.45) is 1.35. The highest BCUT2D eigenvalue weighted by Gasteiger charge is 2.43. The van der Waals surface area contributed by atoms with Gasteiger partial charge < -0.3 is 9.84 Å². The van der Waals surface area contributed by atoms with Gasteiger partial charge in [-0.05, 0) is 65.6 Å². The highest BCUT2D eigenvalue weighted by atomic mass is 16.5. The average Bonchev–Trinajstić information content (AvgIpc) is 3.33. The SMILES string of the molecule is C=C(c1ccc(OCc2ccccc2)cc1)[C@H]1CC[C@@H](Cn2nnc3ccccc3c2=O)[C@@H]1C(=O)O. The van der Waals surface area contributed by atoms with Crippen LogP contribution in [0, 0.1) is 17.8 Å². The predicted octanol–water partition coefficient (Wildman–Crippen LogP) is 4.81. The Labute approximate surface area is 208 Å². The summed E-state index contributed by atoms with van der Waals surface area (Å²) in [6, 6.07) is 24.6. The van der Waals surface area contributed by atoms with Crippen LogP contribution < -0.4 is 10.3 Å². The number of hydrogen-bond donors (Lipinski definition) is 1. The van der Waals surface area contributed by atoms with E-state index < -0.39 is 11.9 Å². The lowest BCUT2D eigenvalue weighted by atomic mass is 9.82. The van der Waals surface area contributed by atoms with Gasteiger partial charge in [-0.1, -0.05) is 66.4 Å². The largest absolute Gasteiger partial charge is 0.489 e. The third-order valence-electron chi connectivity index (χ3n) is 7.03. The van der Waals surface area contributed by atoms with Crippen LogP contribution in [0.15, 0.2) is 90.2 Å². The lowest BCUT2D eigenvalue weighted by Crippen LogP contribution is -2.32. The number of rotatable bonds is 8. The zero-order valence-corrected chi connectivity index (χ0v) is 19.8. The number of benzene rings is 3. The highest BCUT2D eigenvalue weighted by molar-refractivity contribution is 5.78. The van der Waals surface area contributed by atoms with Gasteiger partial charge >= 0.3 is 5.97 Å². The number of carboxylic acid groups (broad SMARTS) is 1. The minimum atomic E-state index is -0.881. The molecule has 0 saturated heterocycles. The second kappa shape index (κ2) is 10.2. The second-order valence-electron chi connectivity index (χ2n) is 9.23. The lowest BCUT2D eigenvalue weighted by molar-refractivity contribution is -0.144. The van der Waals surface area contributed by atoms with Gasteiger partial charge in [-0.25, -0.2) is 4.68 Å². The molecule has 3 atom stereocenters. The van der Waals surface area contributed by atoms with Gasteiger partial charge in [0.25, 0.3) is 5.56 Å². The Bertz CT molecular complexity index is 1450. The standard InChI is InChI=1S/C29H27N3O4/c1-19(21-11-14-23(15-12-21)36-18-20-7-3-2-4-8-20)24-16-13-22(27(24)29(34)35)17-32-28(33)25-9-5-6-10-26(25)30-31-32/h2-12,14-15,22,24,27H,1,13,16-18H2,(H,34,35)/t22-,24+,27-/m0/s1. The van der Waals surface area contributed by atoms with Crippen molar-refractivity contribution in [3.63, 3.8) is 0 Å². The van der Waals surface area contributed by atoms with Gasteiger partial charge in [-0.2, -0.15) is 0 Å². The first-order valence-corrected chi connectivity index (χ1v) is 12.0. The molecule has 1 N–H and O–H groups in total. The minimum Gasteiger partial charge on any atom is -0.489 e. The van der Waals surface area contributed by atoms with Crippen LogP contribution in [-0.4, -0.2) is 26.1 Å². The lowest BCUT2D eigenvalue weighted by Gasteiger charge is -2.23. The molecule has 5 rings (SSSR count). The number of hydrogen-bond acceptors (Lipinski definition) is 5. The molecule has 36 heavy (non-hydrogen) atoms. The number of fused-ring (bicyclic) bond motifs is 1. The minimum absolute atomic E-state index is 0.212. The Morgan fingerprint density at radius 3 is 2.47 bits per heavy atom. The van der Waals surface area contributed by atoms with Crippen molar-refractivity contribution in [3.8, 4) is 5.75 Å². The molecular formula is C29H27N3O4. The van der Waals surface area contributed by atoms with Crippen molar-refractivity contribution in [2.24, 2.45) is 17.8 Å². The summed E-state index contributed by atoms with van der Waals surface area (Å²) in [6.45, 7) is 4.95. The quantitative estimate of drug-likeness (QED) is 0.388. The first-order chi connectivity index (χ1) is 17.5. The molecule has 0 radical (unpaired) electrons. The smallest absolute Gasteiger partial charge is 0.307 e. The molecule has 7 heteroatoms. The van der Waals surface area contributed by atoms with Crippen molar-refractivity contribution in [2.75, 3.05) is 0 Å². The van der Waals surface area contributed by atoms with Gasteiger partial charge in [0.2, 0.25) is 0 Å². The molecule has 3 aromatic carbocycles. The molecule has 7 nitrogen and oxygen atoms in total. The zero-order chi connectivity index (χ0) is 25.1. The van der Waals surface area contributed by atoms with Crippen molar-refractivity contribution in [3.05, 3.63) is 107 Å². The van der Waals surface area contributed by atoms with Crippen LogP contribution in [0.25, 0.3) is 16.5 Å². The van der Waals surface area contributed by atoms with Crippen molar-refractivity contribution >= 4 is 22.4 Å². The van der Waals surface area contributed by atoms with E-state index in [1.165, 1.54) is 4.68 Å². The van der Waals surface area contributed by atoms with E-state index in [1.54, 1.807) is 24.3 Å². The molecule has 0 amide bonds. The molecule has 1 fully saturated rings. The topological polar surface area (TPSA) is 94.3 Å². The summed E-state index contributed by atoms with van der Waals surface area (Å²) >= 11 is 0. The van der Waals surface area contributed by atoms with Crippen LogP contribution in [0.3, 0.4) is 0 Å². The third kappa shape index (κ3) is 4.77. The number of aromatic nitrogens is 3. The zero-order valence-electron chi connectivity index (χ0n) is 19.8. The van der Waals surface area contributed by atoms with E-state index in [2.05, 4.69) is 16.9 Å². The van der Waals surface area contributed by atoms with Gasteiger partial charge in [0.05, 0.1) is 17.8 Å². The number of nitrogens with zero attached hydrogens (tertiary/aromatic N) is 3. The van der Waals surface area contributed by atoms with Gasteiger partial charge in [0.1, 0.15) is 17.9 Å². The van der Waals surface area contributed by atoms with Crippen molar-refractivity contribution in [2.45, 2.75) is 26.0 Å². The molecule has 1 aromatic heterocycles. The summed E-state index contributed by atoms with van der Waals surface area (Å²) in [7, 11) is 0. The summed E-state index contributed by atoms with van der Waals surface area (Å²) in [5.41, 5.74) is 3.04. The van der Waals surface area contributed by atoms with Crippen molar-refractivity contribution in [1.82, 2.24) is 15.0 Å². The van der Waals surface area contributed by atoms with Crippen LogP contribution >= 0.6 is 0 Å². The van der Waals surface area contributed by atoms with Crippen LogP contribution in [0.2, 0.25) is 0 Å². The second-order valence-corrected chi connectivity index (χ2v) is 9.23. The molecule has 1 heterocycles. The van der Waals surface area contributed by atoms with E-state index in [0.717, 1.165) is 22.4 Å².